The molecule has 1 amide bonds. The summed E-state index contributed by atoms with van der Waals surface area (Å²) in [7, 11) is 0. The van der Waals surface area contributed by atoms with Crippen molar-refractivity contribution in [1.29, 1.82) is 5.26 Å². The Morgan fingerprint density at radius 2 is 1.56 bits per heavy atom. The number of halogens is 1. The van der Waals surface area contributed by atoms with Gasteiger partial charge in [-0.3, -0.25) is 4.79 Å². The van der Waals surface area contributed by atoms with Gasteiger partial charge in [0, 0.05) is 5.69 Å². The maximum Gasteiger partial charge on any atom is 0.266 e. The second-order valence-electron chi connectivity index (χ2n) is 8.48. The Kier molecular flexibility index (Phi) is 9.30. The van der Waals surface area contributed by atoms with E-state index < -0.39 is 11.7 Å². The van der Waals surface area contributed by atoms with E-state index in [1.54, 1.807) is 24.3 Å². The summed E-state index contributed by atoms with van der Waals surface area (Å²) in [4.78, 5) is 12.4. The third kappa shape index (κ3) is 7.94. The fourth-order valence-electron chi connectivity index (χ4n) is 3.64. The Morgan fingerprint density at radius 3 is 2.26 bits per heavy atom. The van der Waals surface area contributed by atoms with Gasteiger partial charge in [0.2, 0.25) is 0 Å². The molecule has 1 N–H and O–H groups in total. The van der Waals surface area contributed by atoms with Crippen molar-refractivity contribution in [3.63, 3.8) is 0 Å². The number of nitrogens with zero attached hydrogens (tertiary/aromatic N) is 1. The number of rotatable bonds is 11. The molecule has 0 aliphatic heterocycles. The quantitative estimate of drug-likeness (QED) is 0.171. The Morgan fingerprint density at radius 1 is 0.846 bits per heavy atom. The Bertz CT molecular complexity index is 1460. The van der Waals surface area contributed by atoms with Crippen LogP contribution in [0, 0.1) is 17.1 Å². The van der Waals surface area contributed by atoms with Crippen LogP contribution in [-0.2, 0) is 18.0 Å². The topological polar surface area (TPSA) is 80.6 Å². The number of ether oxygens (including phenoxy) is 3. The molecule has 0 unspecified atom stereocenters. The van der Waals surface area contributed by atoms with E-state index in [0.717, 1.165) is 11.1 Å². The summed E-state index contributed by atoms with van der Waals surface area (Å²) in [6.07, 6.45) is 1.48. The molecule has 0 aromatic heterocycles. The number of anilines is 1. The second-order valence-corrected chi connectivity index (χ2v) is 8.48. The zero-order chi connectivity index (χ0) is 27.5. The lowest BCUT2D eigenvalue weighted by molar-refractivity contribution is -0.112. The number of nitrogens with one attached hydrogen (secondary N) is 1. The normalized spacial score (nSPS) is 10.8. The fourth-order valence-corrected chi connectivity index (χ4v) is 3.64. The lowest BCUT2D eigenvalue weighted by Gasteiger charge is -2.14. The maximum atomic E-state index is 13.1. The number of carbonyl (C=O) groups excluding carboxylic acids is 1. The monoisotopic (exact) mass is 522 g/mol. The van der Waals surface area contributed by atoms with E-state index in [9.17, 15) is 14.4 Å². The predicted octanol–water partition coefficient (Wildman–Crippen LogP) is 6.93. The summed E-state index contributed by atoms with van der Waals surface area (Å²) < 4.78 is 30.7. The van der Waals surface area contributed by atoms with Gasteiger partial charge in [-0.25, -0.2) is 4.39 Å². The Balaban J connectivity index is 1.36. The van der Waals surface area contributed by atoms with Crippen LogP contribution in [0.2, 0.25) is 0 Å². The van der Waals surface area contributed by atoms with Gasteiger partial charge in [-0.15, -0.1) is 0 Å². The van der Waals surface area contributed by atoms with E-state index in [2.05, 4.69) is 5.32 Å². The number of nitriles is 1. The van der Waals surface area contributed by atoms with Gasteiger partial charge in [-0.05, 0) is 78.2 Å². The highest BCUT2D eigenvalue weighted by atomic mass is 19.1. The highest BCUT2D eigenvalue weighted by Crippen LogP contribution is 2.30. The van der Waals surface area contributed by atoms with Crippen LogP contribution in [0.5, 0.6) is 17.2 Å². The van der Waals surface area contributed by atoms with Crippen molar-refractivity contribution in [3.8, 4) is 23.3 Å². The summed E-state index contributed by atoms with van der Waals surface area (Å²) in [5.41, 5.74) is 2.96. The molecule has 6 nitrogen and oxygen atoms in total. The molecule has 7 heteroatoms. The van der Waals surface area contributed by atoms with Crippen LogP contribution >= 0.6 is 0 Å². The summed E-state index contributed by atoms with van der Waals surface area (Å²) in [6, 6.07) is 29.9. The third-order valence-electron chi connectivity index (χ3n) is 5.61. The molecule has 0 saturated carbocycles. The van der Waals surface area contributed by atoms with Gasteiger partial charge in [0.05, 0.1) is 6.61 Å². The number of amides is 1. The molecule has 0 radical (unpaired) electrons. The van der Waals surface area contributed by atoms with E-state index in [-0.39, 0.29) is 5.57 Å². The molecular weight excluding hydrogens is 495 g/mol. The third-order valence-corrected chi connectivity index (χ3v) is 5.61. The van der Waals surface area contributed by atoms with Gasteiger partial charge in [0.25, 0.3) is 5.91 Å². The SMILES string of the molecule is CCOc1cc(COc2ccc(/C=C(\C#N)C(=O)Nc3ccc(F)cc3)cc2)ccc1OCc1ccccc1. The van der Waals surface area contributed by atoms with Crippen molar-refractivity contribution in [1.82, 2.24) is 0 Å². The molecule has 0 aliphatic carbocycles. The molecular formula is C32H27FN2O4. The van der Waals surface area contributed by atoms with E-state index in [1.807, 2.05) is 61.5 Å². The number of hydrogen-bond acceptors (Lipinski definition) is 5. The van der Waals surface area contributed by atoms with Crippen LogP contribution in [0.25, 0.3) is 6.08 Å². The summed E-state index contributed by atoms with van der Waals surface area (Å²) in [6.45, 7) is 3.19. The largest absolute Gasteiger partial charge is 0.490 e. The molecule has 0 saturated heterocycles. The average molecular weight is 523 g/mol. The molecule has 0 fully saturated rings. The Hall–Kier alpha value is -5.09. The van der Waals surface area contributed by atoms with Crippen LogP contribution < -0.4 is 19.5 Å². The molecule has 0 bridgehead atoms. The molecule has 39 heavy (non-hydrogen) atoms. The van der Waals surface area contributed by atoms with Crippen molar-refractivity contribution < 1.29 is 23.4 Å². The van der Waals surface area contributed by atoms with Crippen LogP contribution in [0.15, 0.2) is 103 Å². The standard InChI is InChI=1S/C32H27FN2O4/c1-2-37-31-19-25(10-17-30(31)39-21-24-6-4-3-5-7-24)22-38-29-15-8-23(9-16-29)18-26(20-34)32(36)35-28-13-11-27(33)12-14-28/h3-19H,2,21-22H2,1H3,(H,35,36)/b26-18+. The van der Waals surface area contributed by atoms with E-state index in [1.165, 1.54) is 30.3 Å². The van der Waals surface area contributed by atoms with E-state index >= 15 is 0 Å². The second kappa shape index (κ2) is 13.5. The molecule has 196 valence electrons. The number of benzene rings is 4. The molecule has 4 rings (SSSR count). The van der Waals surface area contributed by atoms with Crippen molar-refractivity contribution in [2.24, 2.45) is 0 Å². The van der Waals surface area contributed by atoms with Crippen molar-refractivity contribution in [2.45, 2.75) is 20.1 Å². The zero-order valence-corrected chi connectivity index (χ0v) is 21.4. The highest BCUT2D eigenvalue weighted by Gasteiger charge is 2.11. The van der Waals surface area contributed by atoms with Crippen LogP contribution in [0.1, 0.15) is 23.6 Å². The van der Waals surface area contributed by atoms with Crippen molar-refractivity contribution in [2.75, 3.05) is 11.9 Å². The molecule has 0 heterocycles. The predicted molar refractivity (Wildman–Crippen MR) is 148 cm³/mol. The maximum absolute atomic E-state index is 13.1. The number of carbonyl (C=O) groups is 1. The summed E-state index contributed by atoms with van der Waals surface area (Å²) in [5.74, 6) is 0.954. The first-order valence-corrected chi connectivity index (χ1v) is 12.4. The highest BCUT2D eigenvalue weighted by molar-refractivity contribution is 6.09. The summed E-state index contributed by atoms with van der Waals surface area (Å²) in [5, 5.41) is 12.0. The molecule has 4 aromatic carbocycles. The van der Waals surface area contributed by atoms with Gasteiger partial charge in [-0.1, -0.05) is 48.5 Å². The first-order valence-electron chi connectivity index (χ1n) is 12.4. The minimum Gasteiger partial charge on any atom is -0.490 e. The van der Waals surface area contributed by atoms with Gasteiger partial charge in [0.15, 0.2) is 11.5 Å². The lowest BCUT2D eigenvalue weighted by Crippen LogP contribution is -2.13. The van der Waals surface area contributed by atoms with Crippen LogP contribution in [0.3, 0.4) is 0 Å². The molecule has 0 spiro atoms. The zero-order valence-electron chi connectivity index (χ0n) is 21.4. The molecule has 0 aliphatic rings. The first-order chi connectivity index (χ1) is 19.0. The van der Waals surface area contributed by atoms with Gasteiger partial charge in [-0.2, -0.15) is 5.26 Å². The fraction of sp³-hybridized carbons (Fsp3) is 0.125. The van der Waals surface area contributed by atoms with Crippen molar-refractivity contribution >= 4 is 17.7 Å². The minimum absolute atomic E-state index is 0.0778. The van der Waals surface area contributed by atoms with Crippen LogP contribution in [-0.4, -0.2) is 12.5 Å². The summed E-state index contributed by atoms with van der Waals surface area (Å²) >= 11 is 0. The molecule has 4 aromatic rings. The van der Waals surface area contributed by atoms with Gasteiger partial charge < -0.3 is 19.5 Å². The van der Waals surface area contributed by atoms with E-state index in [4.69, 9.17) is 14.2 Å². The van der Waals surface area contributed by atoms with Crippen molar-refractivity contribution in [3.05, 3.63) is 125 Å². The van der Waals surface area contributed by atoms with Crippen LogP contribution in [0.4, 0.5) is 10.1 Å². The average Bonchev–Trinajstić information content (AvgIpc) is 2.96. The minimum atomic E-state index is -0.578. The smallest absolute Gasteiger partial charge is 0.266 e. The molecule has 0 atom stereocenters. The van der Waals surface area contributed by atoms with Gasteiger partial charge in [0.1, 0.15) is 36.4 Å². The first kappa shape index (κ1) is 27.0. The van der Waals surface area contributed by atoms with Gasteiger partial charge >= 0.3 is 0 Å². The number of hydrogen-bond donors (Lipinski definition) is 1. The van der Waals surface area contributed by atoms with E-state index in [0.29, 0.717) is 48.3 Å². The Labute approximate surface area is 226 Å². The lowest BCUT2D eigenvalue weighted by atomic mass is 10.1.